The largest absolute Gasteiger partial charge is 0.462 e. The average molecular weight is 788 g/mol. The van der Waals surface area contributed by atoms with E-state index < -0.39 is 18.2 Å². The number of rotatable bonds is 43. The number of amides is 1. The summed E-state index contributed by atoms with van der Waals surface area (Å²) in [7, 11) is 0. The Morgan fingerprint density at radius 1 is 0.518 bits per heavy atom. The number of hydrogen-bond donors (Lipinski definition) is 3. The van der Waals surface area contributed by atoms with Gasteiger partial charge < -0.3 is 20.3 Å². The van der Waals surface area contributed by atoms with Crippen LogP contribution in [0.2, 0.25) is 0 Å². The highest BCUT2D eigenvalue weighted by atomic mass is 16.5. The Labute approximate surface area is 347 Å². The zero-order valence-corrected chi connectivity index (χ0v) is 37.3. The van der Waals surface area contributed by atoms with E-state index in [9.17, 15) is 19.8 Å². The maximum Gasteiger partial charge on any atom is 0.306 e. The maximum absolute atomic E-state index is 13.1. The molecule has 3 atom stereocenters. The summed E-state index contributed by atoms with van der Waals surface area (Å²) >= 11 is 0. The molecule has 3 unspecified atom stereocenters. The minimum atomic E-state index is -0.786. The second-order valence-electron chi connectivity index (χ2n) is 16.6. The number of hydrogen-bond acceptors (Lipinski definition) is 5. The lowest BCUT2D eigenvalue weighted by Gasteiger charge is -2.24. The smallest absolute Gasteiger partial charge is 0.306 e. The Morgan fingerprint density at radius 3 is 1.36 bits per heavy atom. The molecule has 56 heavy (non-hydrogen) atoms. The van der Waals surface area contributed by atoms with E-state index in [1.807, 2.05) is 0 Å². The van der Waals surface area contributed by atoms with Gasteiger partial charge in [0.2, 0.25) is 5.91 Å². The molecule has 1 amide bonds. The Hall–Kier alpha value is -1.92. The second kappa shape index (κ2) is 44.2. The van der Waals surface area contributed by atoms with Gasteiger partial charge >= 0.3 is 5.97 Å². The van der Waals surface area contributed by atoms with Gasteiger partial charge in [-0.25, -0.2) is 0 Å². The first-order valence-corrected chi connectivity index (χ1v) is 24.2. The molecule has 0 aliphatic heterocycles. The van der Waals surface area contributed by atoms with Crippen molar-refractivity contribution in [3.63, 3.8) is 0 Å². The molecule has 0 spiro atoms. The van der Waals surface area contributed by atoms with Gasteiger partial charge in [-0.15, -0.1) is 0 Å². The Balaban J connectivity index is 4.43. The average Bonchev–Trinajstić information content (AvgIpc) is 3.19. The van der Waals surface area contributed by atoms with Crippen molar-refractivity contribution in [1.82, 2.24) is 5.32 Å². The Bertz CT molecular complexity index is 930. The summed E-state index contributed by atoms with van der Waals surface area (Å²) in [4.78, 5) is 25.9. The number of ether oxygens (including phenoxy) is 1. The number of nitrogens with one attached hydrogen (secondary N) is 1. The van der Waals surface area contributed by atoms with Gasteiger partial charge in [0.25, 0.3) is 0 Å². The molecular formula is C50H93NO5. The maximum atomic E-state index is 13.1. The first-order chi connectivity index (χ1) is 27.5. The minimum Gasteiger partial charge on any atom is -0.462 e. The molecule has 0 saturated heterocycles. The molecule has 0 aromatic rings. The van der Waals surface area contributed by atoms with Crippen molar-refractivity contribution in [3.8, 4) is 0 Å². The summed E-state index contributed by atoms with van der Waals surface area (Å²) in [5.74, 6) is -0.496. The highest BCUT2D eigenvalue weighted by Crippen LogP contribution is 2.17. The number of carbonyl (C=O) groups is 2. The summed E-state index contributed by atoms with van der Waals surface area (Å²) in [6, 6.07) is -0.700. The Morgan fingerprint density at radius 2 is 0.911 bits per heavy atom. The van der Waals surface area contributed by atoms with Crippen LogP contribution >= 0.6 is 0 Å². The van der Waals surface area contributed by atoms with Crippen molar-refractivity contribution < 1.29 is 24.5 Å². The summed E-state index contributed by atoms with van der Waals surface area (Å²) in [5, 5.41) is 23.6. The van der Waals surface area contributed by atoms with E-state index in [-0.39, 0.29) is 24.9 Å². The van der Waals surface area contributed by atoms with E-state index >= 15 is 0 Å². The topological polar surface area (TPSA) is 95.9 Å². The van der Waals surface area contributed by atoms with Gasteiger partial charge in [-0.2, -0.15) is 0 Å². The van der Waals surface area contributed by atoms with E-state index in [1.165, 1.54) is 122 Å². The summed E-state index contributed by atoms with van der Waals surface area (Å²) in [6.07, 6.45) is 50.7. The molecule has 0 saturated carbocycles. The van der Waals surface area contributed by atoms with Gasteiger partial charge in [0.05, 0.1) is 25.2 Å². The number of aliphatic hydroxyl groups is 2. The molecule has 0 aliphatic rings. The van der Waals surface area contributed by atoms with Gasteiger partial charge in [0, 0.05) is 6.42 Å². The molecule has 0 aromatic heterocycles. The molecular weight excluding hydrogens is 695 g/mol. The second-order valence-corrected chi connectivity index (χ2v) is 16.6. The third-order valence-electron chi connectivity index (χ3n) is 11.0. The molecule has 0 fully saturated rings. The van der Waals surface area contributed by atoms with Gasteiger partial charge in [-0.1, -0.05) is 218 Å². The van der Waals surface area contributed by atoms with Crippen LogP contribution in [0.15, 0.2) is 36.5 Å². The Kier molecular flexibility index (Phi) is 42.7. The molecule has 0 aromatic carbocycles. The molecule has 0 radical (unpaired) electrons. The van der Waals surface area contributed by atoms with Crippen LogP contribution in [0, 0.1) is 0 Å². The molecule has 328 valence electrons. The van der Waals surface area contributed by atoms with Crippen LogP contribution in [-0.2, 0) is 14.3 Å². The summed E-state index contributed by atoms with van der Waals surface area (Å²) in [5.41, 5.74) is 0. The SMILES string of the molecule is CCCCCCC/C=C/C=C/C=C/CCCCCCCC(=O)OC(CCCCCCCCC)CC(=O)NC(CO)C(O)CCCCCCCCCCCCCC. The monoisotopic (exact) mass is 788 g/mol. The standard InChI is InChI=1S/C50H93NO5/c1-4-7-10-13-16-18-20-22-23-24-25-26-27-29-31-34-37-40-43-50(55)56-46(41-38-35-32-15-12-9-6-3)44-49(54)51-47(45-52)48(53)42-39-36-33-30-28-21-19-17-14-11-8-5-2/h20,22-26,46-48,52-53H,4-19,21,27-45H2,1-3H3,(H,51,54)/b22-20+,24-23+,26-25+. The predicted octanol–water partition coefficient (Wildman–Crippen LogP) is 14.1. The van der Waals surface area contributed by atoms with Gasteiger partial charge in [0.1, 0.15) is 6.10 Å². The first-order valence-electron chi connectivity index (χ1n) is 24.2. The lowest BCUT2D eigenvalue weighted by atomic mass is 10.0. The highest BCUT2D eigenvalue weighted by molar-refractivity contribution is 5.77. The molecule has 6 heteroatoms. The van der Waals surface area contributed by atoms with E-state index in [4.69, 9.17) is 4.74 Å². The molecule has 0 aliphatic carbocycles. The molecule has 0 rings (SSSR count). The quantitative estimate of drug-likeness (QED) is 0.0325. The summed E-state index contributed by atoms with van der Waals surface area (Å²) in [6.45, 7) is 6.43. The lowest BCUT2D eigenvalue weighted by Crippen LogP contribution is -2.46. The van der Waals surface area contributed by atoms with Gasteiger partial charge in [-0.05, 0) is 51.4 Å². The van der Waals surface area contributed by atoms with Crippen LogP contribution in [0.4, 0.5) is 0 Å². The van der Waals surface area contributed by atoms with E-state index in [1.54, 1.807) is 0 Å². The fourth-order valence-corrected chi connectivity index (χ4v) is 7.31. The van der Waals surface area contributed by atoms with Crippen molar-refractivity contribution >= 4 is 11.9 Å². The molecule has 6 nitrogen and oxygen atoms in total. The highest BCUT2D eigenvalue weighted by Gasteiger charge is 2.24. The van der Waals surface area contributed by atoms with E-state index in [0.29, 0.717) is 19.3 Å². The number of allylic oxidation sites excluding steroid dienone is 6. The van der Waals surface area contributed by atoms with E-state index in [2.05, 4.69) is 62.5 Å². The molecule has 3 N–H and O–H groups in total. The van der Waals surface area contributed by atoms with E-state index in [0.717, 1.165) is 77.0 Å². The molecule has 0 heterocycles. The number of unbranched alkanes of at least 4 members (excludes halogenated alkanes) is 27. The fourth-order valence-electron chi connectivity index (χ4n) is 7.31. The first kappa shape index (κ1) is 54.1. The molecule has 0 bridgehead atoms. The van der Waals surface area contributed by atoms with Crippen LogP contribution in [0.5, 0.6) is 0 Å². The van der Waals surface area contributed by atoms with Crippen molar-refractivity contribution in [1.29, 1.82) is 0 Å². The van der Waals surface area contributed by atoms with Crippen LogP contribution in [0.1, 0.15) is 245 Å². The minimum absolute atomic E-state index is 0.0709. The lowest BCUT2D eigenvalue weighted by molar-refractivity contribution is -0.151. The van der Waals surface area contributed by atoms with Crippen molar-refractivity contribution in [2.24, 2.45) is 0 Å². The van der Waals surface area contributed by atoms with Crippen molar-refractivity contribution in [2.45, 2.75) is 264 Å². The van der Waals surface area contributed by atoms with Gasteiger partial charge in [0.15, 0.2) is 0 Å². The van der Waals surface area contributed by atoms with Gasteiger partial charge in [-0.3, -0.25) is 9.59 Å². The zero-order chi connectivity index (χ0) is 41.0. The number of carbonyl (C=O) groups excluding carboxylic acids is 2. The normalized spacial score (nSPS) is 13.6. The van der Waals surface area contributed by atoms with Crippen molar-refractivity contribution in [2.75, 3.05) is 6.61 Å². The fraction of sp³-hybridized carbons (Fsp3) is 0.840. The zero-order valence-electron chi connectivity index (χ0n) is 37.3. The third-order valence-corrected chi connectivity index (χ3v) is 11.0. The predicted molar refractivity (Wildman–Crippen MR) is 241 cm³/mol. The van der Waals surface area contributed by atoms with Crippen LogP contribution < -0.4 is 5.32 Å². The van der Waals surface area contributed by atoms with Crippen molar-refractivity contribution in [3.05, 3.63) is 36.5 Å². The number of esters is 1. The van der Waals surface area contributed by atoms with Crippen LogP contribution in [0.3, 0.4) is 0 Å². The number of aliphatic hydroxyl groups excluding tert-OH is 2. The van der Waals surface area contributed by atoms with Crippen LogP contribution in [0.25, 0.3) is 0 Å². The van der Waals surface area contributed by atoms with Crippen LogP contribution in [-0.4, -0.2) is 46.9 Å². The summed E-state index contributed by atoms with van der Waals surface area (Å²) < 4.78 is 5.88. The third kappa shape index (κ3) is 38.9.